The van der Waals surface area contributed by atoms with Crippen LogP contribution in [0.3, 0.4) is 0 Å². The second kappa shape index (κ2) is 9.63. The molecule has 4 saturated carbocycles. The molecule has 5 fully saturated rings. The van der Waals surface area contributed by atoms with E-state index in [2.05, 4.69) is 18.7 Å². The zero-order valence-corrected chi connectivity index (χ0v) is 22.7. The van der Waals surface area contributed by atoms with Gasteiger partial charge in [-0.25, -0.2) is 4.79 Å². The van der Waals surface area contributed by atoms with Gasteiger partial charge in [0.05, 0.1) is 32.0 Å². The van der Waals surface area contributed by atoms with Gasteiger partial charge in [-0.1, -0.05) is 19.9 Å². The van der Waals surface area contributed by atoms with Crippen molar-refractivity contribution in [1.29, 1.82) is 0 Å². The van der Waals surface area contributed by atoms with E-state index < -0.39 is 5.60 Å². The van der Waals surface area contributed by atoms with Crippen LogP contribution < -0.4 is 0 Å². The standard InChI is InChI=1S/C30H45NO6/c1-28-10-7-22(37-27(33)18-31-13-15-35-16-14-31)17-21(28)4-5-25-24(28)8-11-29(2)23(9-12-30(25,29)34)20-3-6-26(32)36-19-20/h3,6,20-25,34H,4-5,7-19H2,1-2H3. The first-order valence-electron chi connectivity index (χ1n) is 14.8. The fourth-order valence-electron chi connectivity index (χ4n) is 9.92. The number of carbonyl (C=O) groups is 2. The topological polar surface area (TPSA) is 85.3 Å². The molecular formula is C30H45NO6. The Morgan fingerprint density at radius 1 is 1.05 bits per heavy atom. The zero-order chi connectivity index (χ0) is 25.8. The second-order valence-electron chi connectivity index (χ2n) is 13.4. The number of nitrogens with zero attached hydrogens (tertiary/aromatic N) is 1. The van der Waals surface area contributed by atoms with Gasteiger partial charge in [0, 0.05) is 30.5 Å². The van der Waals surface area contributed by atoms with Crippen LogP contribution in [0.2, 0.25) is 0 Å². The minimum Gasteiger partial charge on any atom is -0.462 e. The molecule has 9 unspecified atom stereocenters. The summed E-state index contributed by atoms with van der Waals surface area (Å²) in [5.41, 5.74) is -0.584. The number of cyclic esters (lactones) is 1. The molecule has 2 heterocycles. The predicted octanol–water partition coefficient (Wildman–Crippen LogP) is 3.73. The Morgan fingerprint density at radius 3 is 2.59 bits per heavy atom. The Labute approximate surface area is 221 Å². The summed E-state index contributed by atoms with van der Waals surface area (Å²) in [6.45, 7) is 8.60. The lowest BCUT2D eigenvalue weighted by atomic mass is 9.43. The van der Waals surface area contributed by atoms with E-state index in [1.807, 2.05) is 6.08 Å². The third-order valence-corrected chi connectivity index (χ3v) is 12.0. The lowest BCUT2D eigenvalue weighted by molar-refractivity contribution is -0.214. The van der Waals surface area contributed by atoms with Gasteiger partial charge in [0.25, 0.3) is 0 Å². The minimum absolute atomic E-state index is 0.0248. The van der Waals surface area contributed by atoms with Crippen molar-refractivity contribution >= 4 is 11.9 Å². The molecule has 0 aromatic heterocycles. The van der Waals surface area contributed by atoms with Gasteiger partial charge < -0.3 is 19.3 Å². The number of esters is 2. The van der Waals surface area contributed by atoms with E-state index in [-0.39, 0.29) is 34.8 Å². The number of morpholine rings is 1. The molecule has 2 aliphatic heterocycles. The van der Waals surface area contributed by atoms with Crippen molar-refractivity contribution < 1.29 is 28.9 Å². The van der Waals surface area contributed by atoms with Crippen molar-refractivity contribution in [1.82, 2.24) is 4.90 Å². The molecule has 0 bridgehead atoms. The SMILES string of the molecule is CC12CCC(OC(=O)CN3CCOCC3)CC1CCC1C2CCC2(C)C(C3C=CC(=O)OC3)CCC12O. The van der Waals surface area contributed by atoms with Gasteiger partial charge >= 0.3 is 11.9 Å². The van der Waals surface area contributed by atoms with E-state index in [0.29, 0.717) is 50.0 Å². The first kappa shape index (κ1) is 25.8. The molecular weight excluding hydrogens is 470 g/mol. The highest BCUT2D eigenvalue weighted by atomic mass is 16.5. The maximum atomic E-state index is 12.7. The van der Waals surface area contributed by atoms with Crippen molar-refractivity contribution in [2.24, 2.45) is 40.4 Å². The molecule has 7 heteroatoms. The number of ether oxygens (including phenoxy) is 3. The minimum atomic E-state index is -0.647. The highest BCUT2D eigenvalue weighted by molar-refractivity contribution is 5.82. The van der Waals surface area contributed by atoms with Gasteiger partial charge in [0.15, 0.2) is 0 Å². The third kappa shape index (κ3) is 4.28. The van der Waals surface area contributed by atoms with Crippen LogP contribution >= 0.6 is 0 Å². The molecule has 0 radical (unpaired) electrons. The average molecular weight is 516 g/mol. The highest BCUT2D eigenvalue weighted by Gasteiger charge is 2.68. The highest BCUT2D eigenvalue weighted by Crippen LogP contribution is 2.70. The fourth-order valence-corrected chi connectivity index (χ4v) is 9.92. The average Bonchev–Trinajstić information content (AvgIpc) is 3.16. The van der Waals surface area contributed by atoms with Gasteiger partial charge in [0.1, 0.15) is 6.10 Å². The second-order valence-corrected chi connectivity index (χ2v) is 13.4. The number of fused-ring (bicyclic) bond motifs is 5. The van der Waals surface area contributed by atoms with Gasteiger partial charge in [-0.15, -0.1) is 0 Å². The lowest BCUT2D eigenvalue weighted by Gasteiger charge is -2.64. The number of carbonyl (C=O) groups excluding carboxylic acids is 2. The van der Waals surface area contributed by atoms with Gasteiger partial charge in [-0.05, 0) is 86.9 Å². The van der Waals surface area contributed by atoms with Gasteiger partial charge in [-0.2, -0.15) is 0 Å². The smallest absolute Gasteiger partial charge is 0.330 e. The summed E-state index contributed by atoms with van der Waals surface area (Å²) in [6.07, 6.45) is 12.8. The Hall–Kier alpha value is -1.44. The quantitative estimate of drug-likeness (QED) is 0.571. The van der Waals surface area contributed by atoms with E-state index in [9.17, 15) is 14.7 Å². The zero-order valence-electron chi connectivity index (χ0n) is 22.7. The van der Waals surface area contributed by atoms with Crippen LogP contribution in [-0.4, -0.2) is 73.1 Å². The molecule has 1 N–H and O–H groups in total. The summed E-state index contributed by atoms with van der Waals surface area (Å²) in [5, 5.41) is 12.4. The van der Waals surface area contributed by atoms with Crippen molar-refractivity contribution in [2.45, 2.75) is 83.3 Å². The van der Waals surface area contributed by atoms with Crippen LogP contribution in [0.4, 0.5) is 0 Å². The van der Waals surface area contributed by atoms with Crippen LogP contribution in [0.25, 0.3) is 0 Å². The number of aliphatic hydroxyl groups is 1. The normalized spacial score (nSPS) is 47.9. The maximum Gasteiger partial charge on any atom is 0.330 e. The molecule has 0 aromatic carbocycles. The summed E-state index contributed by atoms with van der Waals surface area (Å²) in [4.78, 5) is 26.4. The maximum absolute atomic E-state index is 12.7. The summed E-state index contributed by atoms with van der Waals surface area (Å²) in [6, 6.07) is 0. The van der Waals surface area contributed by atoms with E-state index in [4.69, 9.17) is 14.2 Å². The Balaban J connectivity index is 1.12. The van der Waals surface area contributed by atoms with Crippen molar-refractivity contribution in [3.8, 4) is 0 Å². The first-order chi connectivity index (χ1) is 17.7. The molecule has 206 valence electrons. The molecule has 0 aromatic rings. The molecule has 9 atom stereocenters. The molecule has 6 aliphatic rings. The summed E-state index contributed by atoms with van der Waals surface area (Å²) >= 11 is 0. The first-order valence-corrected chi connectivity index (χ1v) is 14.8. The number of rotatable bonds is 4. The summed E-state index contributed by atoms with van der Waals surface area (Å²) < 4.78 is 16.8. The van der Waals surface area contributed by atoms with E-state index in [1.165, 1.54) is 0 Å². The lowest BCUT2D eigenvalue weighted by Crippen LogP contribution is -2.62. The molecule has 4 aliphatic carbocycles. The summed E-state index contributed by atoms with van der Waals surface area (Å²) in [7, 11) is 0. The monoisotopic (exact) mass is 515 g/mol. The van der Waals surface area contributed by atoms with E-state index in [1.54, 1.807) is 6.08 Å². The van der Waals surface area contributed by atoms with E-state index >= 15 is 0 Å². The molecule has 7 nitrogen and oxygen atoms in total. The summed E-state index contributed by atoms with van der Waals surface area (Å²) in [5.74, 6) is 1.63. The molecule has 1 saturated heterocycles. The van der Waals surface area contributed by atoms with Crippen molar-refractivity contribution in [3.63, 3.8) is 0 Å². The third-order valence-electron chi connectivity index (χ3n) is 12.0. The van der Waals surface area contributed by atoms with Gasteiger partial charge in [0.2, 0.25) is 0 Å². The molecule has 37 heavy (non-hydrogen) atoms. The molecule has 0 amide bonds. The number of hydrogen-bond acceptors (Lipinski definition) is 7. The van der Waals surface area contributed by atoms with Crippen molar-refractivity contribution in [2.75, 3.05) is 39.5 Å². The van der Waals surface area contributed by atoms with E-state index in [0.717, 1.165) is 70.9 Å². The largest absolute Gasteiger partial charge is 0.462 e. The van der Waals surface area contributed by atoms with Crippen LogP contribution in [0.5, 0.6) is 0 Å². The predicted molar refractivity (Wildman–Crippen MR) is 137 cm³/mol. The van der Waals surface area contributed by atoms with Crippen LogP contribution in [0.1, 0.15) is 71.6 Å². The number of hydrogen-bond donors (Lipinski definition) is 1. The van der Waals surface area contributed by atoms with Crippen LogP contribution in [0.15, 0.2) is 12.2 Å². The molecule has 6 rings (SSSR count). The Kier molecular flexibility index (Phi) is 6.72. The Bertz CT molecular complexity index is 931. The van der Waals surface area contributed by atoms with Crippen LogP contribution in [0, 0.1) is 40.4 Å². The van der Waals surface area contributed by atoms with Gasteiger partial charge in [-0.3, -0.25) is 9.69 Å². The fraction of sp³-hybridized carbons (Fsp3) is 0.867. The van der Waals surface area contributed by atoms with Crippen LogP contribution in [-0.2, 0) is 23.8 Å². The molecule has 0 spiro atoms. The van der Waals surface area contributed by atoms with Crippen molar-refractivity contribution in [3.05, 3.63) is 12.2 Å². The Morgan fingerprint density at radius 2 is 1.84 bits per heavy atom.